The summed E-state index contributed by atoms with van der Waals surface area (Å²) >= 11 is 0. The maximum atomic E-state index is 4.63. The SMILES string of the molecule is C=CCNC(=NCc1nnc(C)n1C)NCCC1CCCC(C)C1.I. The molecule has 0 amide bonds. The normalized spacial score (nSPS) is 20.7. The van der Waals surface area contributed by atoms with Crippen molar-refractivity contribution in [1.29, 1.82) is 0 Å². The number of halogens is 1. The summed E-state index contributed by atoms with van der Waals surface area (Å²) in [5, 5.41) is 15.0. The van der Waals surface area contributed by atoms with Gasteiger partial charge in [-0.15, -0.1) is 40.8 Å². The lowest BCUT2D eigenvalue weighted by atomic mass is 9.81. The molecular weight excluding hydrogens is 427 g/mol. The quantitative estimate of drug-likeness (QED) is 0.284. The summed E-state index contributed by atoms with van der Waals surface area (Å²) in [5.74, 6) is 4.33. The number of hydrogen-bond acceptors (Lipinski definition) is 3. The Morgan fingerprint density at radius 1 is 1.36 bits per heavy atom. The van der Waals surface area contributed by atoms with Gasteiger partial charge in [0.2, 0.25) is 0 Å². The number of aryl methyl sites for hydroxylation is 1. The predicted octanol–water partition coefficient (Wildman–Crippen LogP) is 3.18. The summed E-state index contributed by atoms with van der Waals surface area (Å²) in [6.07, 6.45) is 8.57. The average Bonchev–Trinajstić information content (AvgIpc) is 2.89. The molecule has 1 saturated carbocycles. The minimum Gasteiger partial charge on any atom is -0.356 e. The van der Waals surface area contributed by atoms with Crippen LogP contribution in [0.2, 0.25) is 0 Å². The van der Waals surface area contributed by atoms with Gasteiger partial charge in [0.05, 0.1) is 0 Å². The van der Waals surface area contributed by atoms with Crippen LogP contribution in [-0.2, 0) is 13.6 Å². The first-order valence-corrected chi connectivity index (χ1v) is 9.08. The molecule has 1 fully saturated rings. The van der Waals surface area contributed by atoms with Crippen LogP contribution in [0, 0.1) is 18.8 Å². The third-order valence-electron chi connectivity index (χ3n) is 4.87. The Hall–Kier alpha value is -1.12. The van der Waals surface area contributed by atoms with Gasteiger partial charge in [-0.05, 0) is 31.6 Å². The van der Waals surface area contributed by atoms with Crippen molar-refractivity contribution in [2.45, 2.75) is 52.5 Å². The van der Waals surface area contributed by atoms with Gasteiger partial charge < -0.3 is 15.2 Å². The van der Waals surface area contributed by atoms with Gasteiger partial charge in [0, 0.05) is 20.1 Å². The fourth-order valence-electron chi connectivity index (χ4n) is 3.30. The number of aromatic nitrogens is 3. The lowest BCUT2D eigenvalue weighted by Gasteiger charge is -2.26. The van der Waals surface area contributed by atoms with E-state index in [-0.39, 0.29) is 24.0 Å². The Labute approximate surface area is 169 Å². The summed E-state index contributed by atoms with van der Waals surface area (Å²) in [6, 6.07) is 0. The highest BCUT2D eigenvalue weighted by molar-refractivity contribution is 14.0. The van der Waals surface area contributed by atoms with Crippen LogP contribution in [0.5, 0.6) is 0 Å². The molecule has 0 aliphatic heterocycles. The molecule has 6 nitrogen and oxygen atoms in total. The number of guanidine groups is 1. The van der Waals surface area contributed by atoms with Crippen LogP contribution in [0.1, 0.15) is 50.7 Å². The lowest BCUT2D eigenvalue weighted by molar-refractivity contribution is 0.270. The highest BCUT2D eigenvalue weighted by atomic mass is 127. The first-order valence-electron chi connectivity index (χ1n) is 9.08. The van der Waals surface area contributed by atoms with E-state index in [0.717, 1.165) is 36.0 Å². The molecule has 1 aromatic heterocycles. The molecule has 0 radical (unpaired) electrons. The number of aliphatic imine (C=N–C) groups is 1. The van der Waals surface area contributed by atoms with Crippen molar-refractivity contribution in [1.82, 2.24) is 25.4 Å². The van der Waals surface area contributed by atoms with Crippen LogP contribution >= 0.6 is 24.0 Å². The number of hydrogen-bond donors (Lipinski definition) is 2. The van der Waals surface area contributed by atoms with Crippen molar-refractivity contribution in [2.24, 2.45) is 23.9 Å². The minimum absolute atomic E-state index is 0. The highest BCUT2D eigenvalue weighted by Gasteiger charge is 2.18. The van der Waals surface area contributed by atoms with Gasteiger partial charge in [0.25, 0.3) is 0 Å². The minimum atomic E-state index is 0. The van der Waals surface area contributed by atoms with Crippen LogP contribution < -0.4 is 10.6 Å². The van der Waals surface area contributed by atoms with Crippen LogP contribution in [0.4, 0.5) is 0 Å². The molecule has 0 spiro atoms. The highest BCUT2D eigenvalue weighted by Crippen LogP contribution is 2.30. The van der Waals surface area contributed by atoms with Crippen LogP contribution in [0.3, 0.4) is 0 Å². The van der Waals surface area contributed by atoms with E-state index in [1.807, 2.05) is 24.6 Å². The average molecular weight is 460 g/mol. The van der Waals surface area contributed by atoms with Crippen molar-refractivity contribution in [3.8, 4) is 0 Å². The summed E-state index contributed by atoms with van der Waals surface area (Å²) in [5.41, 5.74) is 0. The van der Waals surface area contributed by atoms with E-state index < -0.39 is 0 Å². The van der Waals surface area contributed by atoms with Crippen LogP contribution in [0.25, 0.3) is 0 Å². The van der Waals surface area contributed by atoms with E-state index in [1.165, 1.54) is 32.1 Å². The molecular formula is C18H33IN6. The van der Waals surface area contributed by atoms with Gasteiger partial charge in [-0.1, -0.05) is 32.3 Å². The van der Waals surface area contributed by atoms with Crippen molar-refractivity contribution in [3.05, 3.63) is 24.3 Å². The van der Waals surface area contributed by atoms with Crippen molar-refractivity contribution in [3.63, 3.8) is 0 Å². The first-order chi connectivity index (χ1) is 11.6. The third kappa shape index (κ3) is 7.33. The third-order valence-corrected chi connectivity index (χ3v) is 4.87. The predicted molar refractivity (Wildman–Crippen MR) is 114 cm³/mol. The Balaban J connectivity index is 0.00000312. The van der Waals surface area contributed by atoms with Crippen molar-refractivity contribution in [2.75, 3.05) is 13.1 Å². The molecule has 1 heterocycles. The molecule has 1 aliphatic carbocycles. The smallest absolute Gasteiger partial charge is 0.191 e. The molecule has 0 aromatic carbocycles. The van der Waals surface area contributed by atoms with Gasteiger partial charge in [-0.3, -0.25) is 0 Å². The topological polar surface area (TPSA) is 67.1 Å². The molecule has 0 bridgehead atoms. The molecule has 1 aliphatic rings. The fourth-order valence-corrected chi connectivity index (χ4v) is 3.30. The van der Waals surface area contributed by atoms with E-state index >= 15 is 0 Å². The lowest BCUT2D eigenvalue weighted by Crippen LogP contribution is -2.38. The first kappa shape index (κ1) is 21.9. The van der Waals surface area contributed by atoms with E-state index in [2.05, 4.69) is 39.3 Å². The van der Waals surface area contributed by atoms with Gasteiger partial charge >= 0.3 is 0 Å². The van der Waals surface area contributed by atoms with Crippen LogP contribution in [0.15, 0.2) is 17.6 Å². The van der Waals surface area contributed by atoms with Crippen molar-refractivity contribution >= 4 is 29.9 Å². The zero-order valence-corrected chi connectivity index (χ0v) is 18.1. The standard InChI is InChI=1S/C18H32N6.HI/c1-5-10-19-18(21-13-17-23-22-15(3)24(17)4)20-11-9-16-8-6-7-14(2)12-16;/h5,14,16H,1,6-13H2,2-4H3,(H2,19,20,21);1H. The second-order valence-electron chi connectivity index (χ2n) is 6.91. The summed E-state index contributed by atoms with van der Waals surface area (Å²) in [7, 11) is 1.97. The summed E-state index contributed by atoms with van der Waals surface area (Å²) in [6.45, 7) is 10.3. The molecule has 2 unspecified atom stereocenters. The number of nitrogens with one attached hydrogen (secondary N) is 2. The van der Waals surface area contributed by atoms with Crippen LogP contribution in [-0.4, -0.2) is 33.8 Å². The van der Waals surface area contributed by atoms with Gasteiger partial charge in [-0.25, -0.2) is 4.99 Å². The molecule has 142 valence electrons. The van der Waals surface area contributed by atoms with E-state index in [0.29, 0.717) is 13.1 Å². The monoisotopic (exact) mass is 460 g/mol. The van der Waals surface area contributed by atoms with Gasteiger partial charge in [0.15, 0.2) is 11.8 Å². The molecule has 2 atom stereocenters. The summed E-state index contributed by atoms with van der Waals surface area (Å²) < 4.78 is 1.97. The Morgan fingerprint density at radius 3 is 2.80 bits per heavy atom. The Bertz CT molecular complexity index is 554. The molecule has 25 heavy (non-hydrogen) atoms. The van der Waals surface area contributed by atoms with Gasteiger partial charge in [-0.2, -0.15) is 0 Å². The van der Waals surface area contributed by atoms with E-state index in [9.17, 15) is 0 Å². The molecule has 1 aromatic rings. The maximum absolute atomic E-state index is 4.63. The largest absolute Gasteiger partial charge is 0.356 e. The van der Waals surface area contributed by atoms with E-state index in [1.54, 1.807) is 0 Å². The zero-order chi connectivity index (χ0) is 17.4. The Morgan fingerprint density at radius 2 is 2.16 bits per heavy atom. The molecule has 0 saturated heterocycles. The second-order valence-corrected chi connectivity index (χ2v) is 6.91. The maximum Gasteiger partial charge on any atom is 0.191 e. The summed E-state index contributed by atoms with van der Waals surface area (Å²) in [4.78, 5) is 4.63. The van der Waals surface area contributed by atoms with E-state index in [4.69, 9.17) is 0 Å². The molecule has 7 heteroatoms. The van der Waals surface area contributed by atoms with Crippen molar-refractivity contribution < 1.29 is 0 Å². The Kier molecular flexibility index (Phi) is 10.1. The zero-order valence-electron chi connectivity index (χ0n) is 15.8. The second kappa shape index (κ2) is 11.5. The van der Waals surface area contributed by atoms with Gasteiger partial charge in [0.1, 0.15) is 12.4 Å². The number of rotatable bonds is 7. The number of nitrogens with zero attached hydrogens (tertiary/aromatic N) is 4. The molecule has 2 N–H and O–H groups in total. The molecule has 2 rings (SSSR count). The fraction of sp³-hybridized carbons (Fsp3) is 0.722.